The first-order valence-electron chi connectivity index (χ1n) is 8.34. The van der Waals surface area contributed by atoms with Crippen molar-refractivity contribution in [3.63, 3.8) is 0 Å². The van der Waals surface area contributed by atoms with E-state index in [0.29, 0.717) is 20.9 Å². The molecule has 0 radical (unpaired) electrons. The minimum Gasteiger partial charge on any atom is -0.256 e. The molecule has 0 saturated carbocycles. The fourth-order valence-electron chi connectivity index (χ4n) is 3.16. The first-order chi connectivity index (χ1) is 13.0. The highest BCUT2D eigenvalue weighted by Crippen LogP contribution is 2.40. The van der Waals surface area contributed by atoms with Crippen LogP contribution in [0.4, 0.5) is 10.1 Å². The van der Waals surface area contributed by atoms with E-state index in [0.717, 1.165) is 22.5 Å². The molecule has 0 saturated heterocycles. The van der Waals surface area contributed by atoms with Crippen LogP contribution in [0.3, 0.4) is 0 Å². The lowest BCUT2D eigenvalue weighted by atomic mass is 9.98. The Morgan fingerprint density at radius 1 is 0.926 bits per heavy atom. The summed E-state index contributed by atoms with van der Waals surface area (Å²) in [5, 5.41) is 8.15. The molecule has 0 unspecified atom stereocenters. The third kappa shape index (κ3) is 3.88. The van der Waals surface area contributed by atoms with Crippen LogP contribution in [0.15, 0.2) is 76.3 Å². The second kappa shape index (κ2) is 7.63. The summed E-state index contributed by atoms with van der Waals surface area (Å²) in [4.78, 5) is 0. The average molecular weight is 464 g/mol. The Kier molecular flexibility index (Phi) is 5.22. The van der Waals surface area contributed by atoms with Crippen LogP contribution in [-0.4, -0.2) is 5.71 Å². The summed E-state index contributed by atoms with van der Waals surface area (Å²) in [7, 11) is 0. The summed E-state index contributed by atoms with van der Waals surface area (Å²) in [6, 6.07) is 20.0. The highest BCUT2D eigenvalue weighted by atomic mass is 79.9. The lowest BCUT2D eigenvalue weighted by molar-refractivity contribution is 0.625. The molecule has 6 heteroatoms. The van der Waals surface area contributed by atoms with Crippen LogP contribution in [0, 0.1) is 5.82 Å². The SMILES string of the molecule is Fc1ccc(N2N=C(c3ccc(Cl)cc3)C[C@H]2c2ccc(Cl)cc2)c(Br)c1. The fourth-order valence-corrected chi connectivity index (χ4v) is 3.95. The summed E-state index contributed by atoms with van der Waals surface area (Å²) in [5.41, 5.74) is 3.85. The van der Waals surface area contributed by atoms with E-state index in [1.807, 2.05) is 53.5 Å². The second-order valence-electron chi connectivity index (χ2n) is 6.27. The summed E-state index contributed by atoms with van der Waals surface area (Å²) in [6.07, 6.45) is 0.715. The maximum atomic E-state index is 13.6. The van der Waals surface area contributed by atoms with Gasteiger partial charge < -0.3 is 0 Å². The summed E-state index contributed by atoms with van der Waals surface area (Å²) < 4.78 is 14.2. The molecule has 4 rings (SSSR count). The van der Waals surface area contributed by atoms with Crippen LogP contribution in [0.2, 0.25) is 10.0 Å². The van der Waals surface area contributed by atoms with Crippen LogP contribution in [-0.2, 0) is 0 Å². The van der Waals surface area contributed by atoms with Crippen molar-refractivity contribution in [1.82, 2.24) is 0 Å². The van der Waals surface area contributed by atoms with Gasteiger partial charge >= 0.3 is 0 Å². The molecule has 3 aromatic carbocycles. The Labute approximate surface area is 175 Å². The normalized spacial score (nSPS) is 16.5. The lowest BCUT2D eigenvalue weighted by Gasteiger charge is -2.25. The van der Waals surface area contributed by atoms with Crippen molar-refractivity contribution in [1.29, 1.82) is 0 Å². The van der Waals surface area contributed by atoms with E-state index >= 15 is 0 Å². The van der Waals surface area contributed by atoms with Gasteiger partial charge in [0.15, 0.2) is 0 Å². The minimum atomic E-state index is -0.297. The number of benzene rings is 3. The van der Waals surface area contributed by atoms with E-state index in [9.17, 15) is 4.39 Å². The first-order valence-corrected chi connectivity index (χ1v) is 9.89. The van der Waals surface area contributed by atoms with Gasteiger partial charge in [-0.1, -0.05) is 47.5 Å². The van der Waals surface area contributed by atoms with Gasteiger partial charge in [0.1, 0.15) is 5.82 Å². The summed E-state index contributed by atoms with van der Waals surface area (Å²) in [6.45, 7) is 0. The van der Waals surface area contributed by atoms with Crippen molar-refractivity contribution < 1.29 is 4.39 Å². The zero-order chi connectivity index (χ0) is 19.0. The van der Waals surface area contributed by atoms with Crippen molar-refractivity contribution >= 4 is 50.5 Å². The molecule has 0 N–H and O–H groups in total. The topological polar surface area (TPSA) is 15.6 Å². The molecule has 27 heavy (non-hydrogen) atoms. The number of hydrazone groups is 1. The van der Waals surface area contributed by atoms with E-state index in [4.69, 9.17) is 28.3 Å². The van der Waals surface area contributed by atoms with Gasteiger partial charge in [-0.05, 0) is 69.5 Å². The molecular formula is C21H14BrCl2FN2. The van der Waals surface area contributed by atoms with Gasteiger partial charge in [0.2, 0.25) is 0 Å². The zero-order valence-electron chi connectivity index (χ0n) is 14.0. The minimum absolute atomic E-state index is 0.0188. The van der Waals surface area contributed by atoms with Crippen LogP contribution < -0.4 is 5.01 Å². The Bertz CT molecular complexity index is 1000. The molecule has 1 aliphatic rings. The van der Waals surface area contributed by atoms with Gasteiger partial charge in [0.05, 0.1) is 17.4 Å². The molecule has 0 spiro atoms. The van der Waals surface area contributed by atoms with Crippen LogP contribution in [0.25, 0.3) is 0 Å². The van der Waals surface area contributed by atoms with Crippen molar-refractivity contribution in [3.8, 4) is 0 Å². The largest absolute Gasteiger partial charge is 0.256 e. The monoisotopic (exact) mass is 462 g/mol. The van der Waals surface area contributed by atoms with Gasteiger partial charge in [-0.3, -0.25) is 5.01 Å². The predicted molar refractivity (Wildman–Crippen MR) is 113 cm³/mol. The van der Waals surface area contributed by atoms with Crippen LogP contribution in [0.1, 0.15) is 23.6 Å². The smallest absolute Gasteiger partial charge is 0.124 e. The standard InChI is InChI=1S/C21H14BrCl2FN2/c22-18-11-17(25)9-10-20(18)27-21(14-3-7-16(24)8-4-14)12-19(26-27)13-1-5-15(23)6-2-13/h1-11,21H,12H2/t21-/m0/s1. The number of rotatable bonds is 3. The molecule has 2 nitrogen and oxygen atoms in total. The number of halogens is 4. The molecule has 0 aromatic heterocycles. The summed E-state index contributed by atoms with van der Waals surface area (Å²) >= 11 is 15.5. The molecule has 0 bridgehead atoms. The fraction of sp³-hybridized carbons (Fsp3) is 0.0952. The van der Waals surface area contributed by atoms with E-state index < -0.39 is 0 Å². The van der Waals surface area contributed by atoms with Crippen molar-refractivity contribution in [2.45, 2.75) is 12.5 Å². The second-order valence-corrected chi connectivity index (χ2v) is 7.99. The van der Waals surface area contributed by atoms with Crippen LogP contribution in [0.5, 0.6) is 0 Å². The Morgan fingerprint density at radius 3 is 2.19 bits per heavy atom. The molecule has 1 aliphatic heterocycles. The van der Waals surface area contributed by atoms with Gasteiger partial charge in [0.25, 0.3) is 0 Å². The van der Waals surface area contributed by atoms with E-state index in [-0.39, 0.29) is 11.9 Å². The number of anilines is 1. The van der Waals surface area contributed by atoms with E-state index in [1.54, 1.807) is 6.07 Å². The Balaban J connectivity index is 1.78. The van der Waals surface area contributed by atoms with E-state index in [1.165, 1.54) is 12.1 Å². The molecule has 136 valence electrons. The van der Waals surface area contributed by atoms with Gasteiger partial charge in [-0.25, -0.2) is 4.39 Å². The molecular weight excluding hydrogens is 450 g/mol. The maximum absolute atomic E-state index is 13.6. The quantitative estimate of drug-likeness (QED) is 0.399. The van der Waals surface area contributed by atoms with Crippen LogP contribution >= 0.6 is 39.1 Å². The molecule has 0 aliphatic carbocycles. The van der Waals surface area contributed by atoms with Gasteiger partial charge in [-0.2, -0.15) is 5.10 Å². The number of hydrogen-bond acceptors (Lipinski definition) is 2. The number of hydrogen-bond donors (Lipinski definition) is 0. The third-order valence-corrected chi connectivity index (χ3v) is 5.64. The Morgan fingerprint density at radius 2 is 1.56 bits per heavy atom. The predicted octanol–water partition coefficient (Wildman–Crippen LogP) is 7.25. The molecule has 1 heterocycles. The Hall–Kier alpha value is -1.88. The highest BCUT2D eigenvalue weighted by molar-refractivity contribution is 9.10. The lowest BCUT2D eigenvalue weighted by Crippen LogP contribution is -2.19. The molecule has 3 aromatic rings. The van der Waals surface area contributed by atoms with Crippen molar-refractivity contribution in [2.24, 2.45) is 5.10 Å². The zero-order valence-corrected chi connectivity index (χ0v) is 17.1. The van der Waals surface area contributed by atoms with Crippen molar-refractivity contribution in [3.05, 3.63) is 98.2 Å². The molecule has 0 fully saturated rings. The molecule has 0 amide bonds. The maximum Gasteiger partial charge on any atom is 0.124 e. The average Bonchev–Trinajstić information content (AvgIpc) is 3.08. The third-order valence-electron chi connectivity index (χ3n) is 4.50. The highest BCUT2D eigenvalue weighted by Gasteiger charge is 2.31. The number of nitrogens with zero attached hydrogens (tertiary/aromatic N) is 2. The van der Waals surface area contributed by atoms with Crippen molar-refractivity contribution in [2.75, 3.05) is 5.01 Å². The van der Waals surface area contributed by atoms with Gasteiger partial charge in [0, 0.05) is 20.9 Å². The summed E-state index contributed by atoms with van der Waals surface area (Å²) in [5.74, 6) is -0.297. The van der Waals surface area contributed by atoms with E-state index in [2.05, 4.69) is 15.9 Å². The molecule has 1 atom stereocenters. The van der Waals surface area contributed by atoms with Gasteiger partial charge in [-0.15, -0.1) is 0 Å². The first kappa shape index (κ1) is 18.5.